The normalized spacial score (nSPS) is 12.3. The number of carbonyl (C=O) groups is 2. The van der Waals surface area contributed by atoms with Crippen molar-refractivity contribution >= 4 is 35.6 Å². The average molecular weight is 431 g/mol. The van der Waals surface area contributed by atoms with E-state index in [0.717, 1.165) is 55.0 Å². The highest BCUT2D eigenvalue weighted by Gasteiger charge is 2.31. The Kier molecular flexibility index (Phi) is 6.73. The van der Waals surface area contributed by atoms with E-state index in [1.54, 1.807) is 30.3 Å². The smallest absolute Gasteiger partial charge is 0.196 e. The highest BCUT2D eigenvalue weighted by molar-refractivity contribution is 7.80. The molecule has 0 heterocycles. The summed E-state index contributed by atoms with van der Waals surface area (Å²) in [6.45, 7) is 1.72. The van der Waals surface area contributed by atoms with Crippen molar-refractivity contribution in [1.82, 2.24) is 0 Å². The van der Waals surface area contributed by atoms with Crippen molar-refractivity contribution in [3.05, 3.63) is 89.0 Å². The van der Waals surface area contributed by atoms with E-state index >= 15 is 0 Å². The Hall–Kier alpha value is -3.05. The molecule has 0 aliphatic heterocycles. The summed E-state index contributed by atoms with van der Waals surface area (Å²) in [6, 6.07) is 20.6. The molecule has 158 valence electrons. The molecule has 3 aromatic rings. The van der Waals surface area contributed by atoms with Crippen molar-refractivity contribution in [1.29, 1.82) is 0 Å². The van der Waals surface area contributed by atoms with Gasteiger partial charge >= 0.3 is 0 Å². The van der Waals surface area contributed by atoms with Crippen molar-refractivity contribution in [3.63, 3.8) is 0 Å². The number of thiol groups is 1. The SMILES string of the molecule is O=C1c2ccccc2C(=O)c2c(NCCCCCCNc3ccc(S)cc3)cccc21. The van der Waals surface area contributed by atoms with E-state index in [9.17, 15) is 9.59 Å². The number of benzene rings is 3. The molecule has 0 bridgehead atoms. The number of anilines is 2. The number of carbonyl (C=O) groups excluding carboxylic acids is 2. The second-order valence-corrected chi connectivity index (χ2v) is 8.26. The molecule has 31 heavy (non-hydrogen) atoms. The molecule has 0 spiro atoms. The van der Waals surface area contributed by atoms with Crippen LogP contribution < -0.4 is 10.6 Å². The van der Waals surface area contributed by atoms with E-state index in [1.165, 1.54) is 0 Å². The van der Waals surface area contributed by atoms with Gasteiger partial charge in [-0.2, -0.15) is 0 Å². The molecule has 1 aliphatic rings. The third kappa shape index (κ3) is 4.83. The van der Waals surface area contributed by atoms with Crippen LogP contribution in [-0.2, 0) is 0 Å². The van der Waals surface area contributed by atoms with Crippen LogP contribution in [0.4, 0.5) is 11.4 Å². The number of ketones is 2. The van der Waals surface area contributed by atoms with Gasteiger partial charge in [-0.25, -0.2) is 0 Å². The Balaban J connectivity index is 1.25. The largest absolute Gasteiger partial charge is 0.385 e. The van der Waals surface area contributed by atoms with Crippen molar-refractivity contribution in [2.24, 2.45) is 0 Å². The molecule has 0 aromatic heterocycles. The summed E-state index contributed by atoms with van der Waals surface area (Å²) in [5, 5.41) is 6.80. The molecular weight excluding hydrogens is 404 g/mol. The Morgan fingerprint density at radius 2 is 1.23 bits per heavy atom. The van der Waals surface area contributed by atoms with Gasteiger partial charge in [0, 0.05) is 46.1 Å². The third-order valence-electron chi connectivity index (χ3n) is 5.57. The standard InChI is InChI=1S/C26H26N2O2S/c29-25-20-8-3-4-9-21(20)26(30)24-22(25)10-7-11-23(24)28-17-6-2-1-5-16-27-18-12-14-19(31)15-13-18/h3-4,7-15,27-28,31H,1-2,5-6,16-17H2. The fourth-order valence-corrected chi connectivity index (χ4v) is 4.08. The maximum Gasteiger partial charge on any atom is 0.196 e. The van der Waals surface area contributed by atoms with Crippen LogP contribution in [-0.4, -0.2) is 24.7 Å². The maximum absolute atomic E-state index is 13.0. The first-order chi connectivity index (χ1) is 15.1. The van der Waals surface area contributed by atoms with Crippen LogP contribution in [0.5, 0.6) is 0 Å². The number of hydrogen-bond acceptors (Lipinski definition) is 5. The first kappa shape index (κ1) is 21.2. The summed E-state index contributed by atoms with van der Waals surface area (Å²) in [4.78, 5) is 26.8. The van der Waals surface area contributed by atoms with Crippen LogP contribution in [0.3, 0.4) is 0 Å². The monoisotopic (exact) mass is 430 g/mol. The first-order valence-corrected chi connectivity index (χ1v) is 11.2. The van der Waals surface area contributed by atoms with E-state index in [4.69, 9.17) is 0 Å². The molecule has 1 aliphatic carbocycles. The molecule has 0 unspecified atom stereocenters. The van der Waals surface area contributed by atoms with Crippen molar-refractivity contribution in [3.8, 4) is 0 Å². The van der Waals surface area contributed by atoms with Gasteiger partial charge in [0.25, 0.3) is 0 Å². The lowest BCUT2D eigenvalue weighted by molar-refractivity contribution is 0.0979. The quantitative estimate of drug-likeness (QED) is 0.231. The van der Waals surface area contributed by atoms with Crippen LogP contribution in [0.25, 0.3) is 0 Å². The molecule has 0 saturated carbocycles. The van der Waals surface area contributed by atoms with Gasteiger partial charge in [0.15, 0.2) is 11.6 Å². The summed E-state index contributed by atoms with van der Waals surface area (Å²) in [7, 11) is 0. The zero-order chi connectivity index (χ0) is 21.6. The Morgan fingerprint density at radius 3 is 1.94 bits per heavy atom. The summed E-state index contributed by atoms with van der Waals surface area (Å²) in [6.07, 6.45) is 4.36. The van der Waals surface area contributed by atoms with Crippen molar-refractivity contribution in [2.45, 2.75) is 30.6 Å². The highest BCUT2D eigenvalue weighted by Crippen LogP contribution is 2.31. The van der Waals surface area contributed by atoms with Gasteiger partial charge in [-0.15, -0.1) is 12.6 Å². The number of rotatable bonds is 9. The summed E-state index contributed by atoms with van der Waals surface area (Å²) in [5.74, 6) is -0.157. The number of unbranched alkanes of at least 4 members (excludes halogenated alkanes) is 3. The molecule has 0 atom stereocenters. The molecular formula is C26H26N2O2S. The Labute approximate surface area is 188 Å². The minimum absolute atomic E-state index is 0.0784. The van der Waals surface area contributed by atoms with Gasteiger partial charge in [-0.05, 0) is 43.2 Å². The summed E-state index contributed by atoms with van der Waals surface area (Å²) >= 11 is 4.29. The minimum atomic E-state index is -0.0784. The summed E-state index contributed by atoms with van der Waals surface area (Å²) < 4.78 is 0. The van der Waals surface area contributed by atoms with Gasteiger partial charge in [-0.3, -0.25) is 9.59 Å². The molecule has 3 aromatic carbocycles. The minimum Gasteiger partial charge on any atom is -0.385 e. The number of hydrogen-bond donors (Lipinski definition) is 3. The lowest BCUT2D eigenvalue weighted by atomic mass is 9.83. The van der Waals surface area contributed by atoms with Gasteiger partial charge in [0.05, 0.1) is 5.56 Å². The van der Waals surface area contributed by atoms with Crippen LogP contribution >= 0.6 is 12.6 Å². The molecule has 4 nitrogen and oxygen atoms in total. The fourth-order valence-electron chi connectivity index (χ4n) is 3.93. The molecule has 0 radical (unpaired) electrons. The third-order valence-corrected chi connectivity index (χ3v) is 5.87. The van der Waals surface area contributed by atoms with E-state index in [1.807, 2.05) is 36.4 Å². The van der Waals surface area contributed by atoms with Crippen molar-refractivity contribution in [2.75, 3.05) is 23.7 Å². The van der Waals surface area contributed by atoms with Crippen LogP contribution in [0, 0.1) is 0 Å². The average Bonchev–Trinajstić information content (AvgIpc) is 2.80. The fraction of sp³-hybridized carbons (Fsp3) is 0.231. The molecule has 2 N–H and O–H groups in total. The maximum atomic E-state index is 13.0. The zero-order valence-corrected chi connectivity index (χ0v) is 18.3. The van der Waals surface area contributed by atoms with E-state index in [-0.39, 0.29) is 11.6 Å². The zero-order valence-electron chi connectivity index (χ0n) is 17.4. The van der Waals surface area contributed by atoms with E-state index in [2.05, 4.69) is 23.3 Å². The molecule has 5 heteroatoms. The van der Waals surface area contributed by atoms with Crippen LogP contribution in [0.1, 0.15) is 57.5 Å². The van der Waals surface area contributed by atoms with Crippen LogP contribution in [0.15, 0.2) is 71.6 Å². The lowest BCUT2D eigenvalue weighted by Crippen LogP contribution is -2.22. The first-order valence-electron chi connectivity index (χ1n) is 10.7. The van der Waals surface area contributed by atoms with Gasteiger partial charge < -0.3 is 10.6 Å². The van der Waals surface area contributed by atoms with Gasteiger partial charge in [0.2, 0.25) is 0 Å². The predicted molar refractivity (Wildman–Crippen MR) is 129 cm³/mol. The topological polar surface area (TPSA) is 58.2 Å². The Morgan fingerprint density at radius 1 is 0.613 bits per heavy atom. The van der Waals surface area contributed by atoms with Crippen molar-refractivity contribution < 1.29 is 9.59 Å². The number of fused-ring (bicyclic) bond motifs is 2. The van der Waals surface area contributed by atoms with Crippen LogP contribution in [0.2, 0.25) is 0 Å². The molecule has 0 amide bonds. The van der Waals surface area contributed by atoms with E-state index in [0.29, 0.717) is 22.3 Å². The second-order valence-electron chi connectivity index (χ2n) is 7.75. The Bertz CT molecular complexity index is 1090. The van der Waals surface area contributed by atoms with Gasteiger partial charge in [0.1, 0.15) is 0 Å². The highest BCUT2D eigenvalue weighted by atomic mass is 32.1. The summed E-state index contributed by atoms with van der Waals surface area (Å²) in [5.41, 5.74) is 3.85. The second kappa shape index (κ2) is 9.84. The van der Waals surface area contributed by atoms with E-state index < -0.39 is 0 Å². The van der Waals surface area contributed by atoms with Gasteiger partial charge in [-0.1, -0.05) is 49.2 Å². The predicted octanol–water partition coefficient (Wildman–Crippen LogP) is 5.84. The lowest BCUT2D eigenvalue weighted by Gasteiger charge is -2.20. The molecule has 0 saturated heterocycles. The molecule has 0 fully saturated rings. The molecule has 4 rings (SSSR count). The number of nitrogens with one attached hydrogen (secondary N) is 2.